The lowest BCUT2D eigenvalue weighted by atomic mass is 10.3. The van der Waals surface area contributed by atoms with Crippen LogP contribution in [0.25, 0.3) is 10.1 Å². The molecular formula is C13H13NO3S. The van der Waals surface area contributed by atoms with Crippen molar-refractivity contribution < 1.29 is 9.53 Å². The lowest BCUT2D eigenvalue weighted by molar-refractivity contribution is -0.136. The van der Waals surface area contributed by atoms with E-state index in [1.165, 1.54) is 7.11 Å². The second kappa shape index (κ2) is 5.18. The molecule has 0 aliphatic rings. The van der Waals surface area contributed by atoms with E-state index in [1.54, 1.807) is 35.1 Å². The van der Waals surface area contributed by atoms with Gasteiger partial charge in [0.1, 0.15) is 0 Å². The molecule has 0 spiro atoms. The third-order valence-electron chi connectivity index (χ3n) is 2.69. The Labute approximate surface area is 108 Å². The van der Waals surface area contributed by atoms with E-state index >= 15 is 0 Å². The van der Waals surface area contributed by atoms with Crippen LogP contribution in [-0.2, 0) is 16.1 Å². The number of carbonyl (C=O) groups excluding carboxylic acids is 1. The first-order valence-electron chi connectivity index (χ1n) is 5.45. The largest absolute Gasteiger partial charge is 0.466 e. The zero-order chi connectivity index (χ0) is 13.1. The number of nitrogens with zero attached hydrogens (tertiary/aromatic N) is 1. The predicted molar refractivity (Wildman–Crippen MR) is 71.9 cm³/mol. The summed E-state index contributed by atoms with van der Waals surface area (Å²) in [6, 6.07) is 3.72. The topological polar surface area (TPSA) is 48.3 Å². The molecule has 0 fully saturated rings. The number of ether oxygens (including phenoxy) is 1. The molecule has 2 aromatic rings. The summed E-state index contributed by atoms with van der Waals surface area (Å²) in [5, 5.41) is 2.61. The molecule has 0 atom stereocenters. The summed E-state index contributed by atoms with van der Waals surface area (Å²) in [5.41, 5.74) is 0.456. The van der Waals surface area contributed by atoms with Crippen LogP contribution < -0.4 is 5.56 Å². The van der Waals surface area contributed by atoms with Gasteiger partial charge in [0.25, 0.3) is 5.56 Å². The van der Waals surface area contributed by atoms with Crippen molar-refractivity contribution in [1.82, 2.24) is 4.57 Å². The van der Waals surface area contributed by atoms with Crippen LogP contribution in [0, 0.1) is 0 Å². The van der Waals surface area contributed by atoms with Gasteiger partial charge in [-0.15, -0.1) is 11.3 Å². The molecule has 18 heavy (non-hydrogen) atoms. The minimum Gasteiger partial charge on any atom is -0.466 e. The Kier molecular flexibility index (Phi) is 3.62. The monoisotopic (exact) mass is 263 g/mol. The average Bonchev–Trinajstić information content (AvgIpc) is 2.85. The van der Waals surface area contributed by atoms with Crippen molar-refractivity contribution >= 4 is 27.4 Å². The summed E-state index contributed by atoms with van der Waals surface area (Å²) in [6.45, 7) is 2.03. The standard InChI is InChI=1S/C13H13NO3S/c1-9(13(16)17-2)3-6-14-7-4-11-10(12(14)15)5-8-18-11/h3-5,7-8H,6H2,1-2H3/b9-3+. The van der Waals surface area contributed by atoms with Crippen molar-refractivity contribution in [2.75, 3.05) is 7.11 Å². The first kappa shape index (κ1) is 12.6. The lowest BCUT2D eigenvalue weighted by Crippen LogP contribution is -2.18. The number of allylic oxidation sites excluding steroid dienone is 1. The van der Waals surface area contributed by atoms with Crippen molar-refractivity contribution in [2.45, 2.75) is 13.5 Å². The number of carbonyl (C=O) groups is 1. The molecule has 2 aromatic heterocycles. The summed E-state index contributed by atoms with van der Waals surface area (Å²) < 4.78 is 7.14. The second-order valence-corrected chi connectivity index (χ2v) is 4.80. The highest BCUT2D eigenvalue weighted by Crippen LogP contribution is 2.16. The second-order valence-electron chi connectivity index (χ2n) is 3.85. The number of esters is 1. The zero-order valence-corrected chi connectivity index (χ0v) is 11.0. The summed E-state index contributed by atoms with van der Waals surface area (Å²) in [4.78, 5) is 23.3. The number of fused-ring (bicyclic) bond motifs is 1. The Balaban J connectivity index is 2.30. The molecule has 0 N–H and O–H groups in total. The first-order valence-corrected chi connectivity index (χ1v) is 6.33. The molecule has 0 aliphatic heterocycles. The fourth-order valence-corrected chi connectivity index (χ4v) is 2.40. The van der Waals surface area contributed by atoms with Gasteiger partial charge in [-0.3, -0.25) is 4.79 Å². The number of methoxy groups -OCH3 is 1. The summed E-state index contributed by atoms with van der Waals surface area (Å²) in [6.07, 6.45) is 3.42. The smallest absolute Gasteiger partial charge is 0.333 e. The SMILES string of the molecule is COC(=O)/C(C)=C/Cn1ccc2sccc2c1=O. The minimum atomic E-state index is -0.375. The summed E-state index contributed by atoms with van der Waals surface area (Å²) >= 11 is 1.54. The van der Waals surface area contributed by atoms with Crippen molar-refractivity contribution in [1.29, 1.82) is 0 Å². The Morgan fingerprint density at radius 3 is 3.00 bits per heavy atom. The highest BCUT2D eigenvalue weighted by Gasteiger charge is 2.05. The van der Waals surface area contributed by atoms with Crippen molar-refractivity contribution in [2.24, 2.45) is 0 Å². The minimum absolute atomic E-state index is 0.0392. The number of hydrogen-bond acceptors (Lipinski definition) is 4. The quantitative estimate of drug-likeness (QED) is 0.630. The highest BCUT2D eigenvalue weighted by molar-refractivity contribution is 7.17. The van der Waals surface area contributed by atoms with Gasteiger partial charge in [0, 0.05) is 23.0 Å². The van der Waals surface area contributed by atoms with E-state index < -0.39 is 0 Å². The maximum absolute atomic E-state index is 12.1. The lowest BCUT2D eigenvalue weighted by Gasteiger charge is -2.03. The van der Waals surface area contributed by atoms with E-state index in [0.29, 0.717) is 17.5 Å². The van der Waals surface area contributed by atoms with Gasteiger partial charge in [0.05, 0.1) is 12.5 Å². The Hall–Kier alpha value is -1.88. The molecule has 0 bridgehead atoms. The molecule has 4 nitrogen and oxygen atoms in total. The number of hydrogen-bond donors (Lipinski definition) is 0. The number of pyridine rings is 1. The van der Waals surface area contributed by atoms with Gasteiger partial charge in [0.2, 0.25) is 0 Å². The van der Waals surface area contributed by atoms with Crippen LogP contribution >= 0.6 is 11.3 Å². The van der Waals surface area contributed by atoms with Crippen molar-refractivity contribution in [3.63, 3.8) is 0 Å². The van der Waals surface area contributed by atoms with Crippen LogP contribution in [0.3, 0.4) is 0 Å². The highest BCUT2D eigenvalue weighted by atomic mass is 32.1. The van der Waals surface area contributed by atoms with Crippen LogP contribution in [-0.4, -0.2) is 17.6 Å². The van der Waals surface area contributed by atoms with E-state index in [9.17, 15) is 9.59 Å². The van der Waals surface area contributed by atoms with Crippen LogP contribution in [0.2, 0.25) is 0 Å². The molecule has 0 aromatic carbocycles. The molecule has 5 heteroatoms. The van der Waals surface area contributed by atoms with E-state index in [-0.39, 0.29) is 11.5 Å². The molecule has 2 rings (SSSR count). The fraction of sp³-hybridized carbons (Fsp3) is 0.231. The Bertz CT molecular complexity index is 666. The third-order valence-corrected chi connectivity index (χ3v) is 3.58. The van der Waals surface area contributed by atoms with Gasteiger partial charge in [-0.2, -0.15) is 0 Å². The van der Waals surface area contributed by atoms with Gasteiger partial charge in [-0.1, -0.05) is 6.08 Å². The molecule has 0 radical (unpaired) electrons. The molecule has 0 unspecified atom stereocenters. The van der Waals surface area contributed by atoms with E-state index in [0.717, 1.165) is 4.70 Å². The van der Waals surface area contributed by atoms with Gasteiger partial charge in [-0.05, 0) is 24.4 Å². The third kappa shape index (κ3) is 2.36. The van der Waals surface area contributed by atoms with Gasteiger partial charge < -0.3 is 9.30 Å². The predicted octanol–water partition coefficient (Wildman–Crippen LogP) is 2.18. The molecule has 0 aliphatic carbocycles. The number of rotatable bonds is 3. The molecule has 94 valence electrons. The molecule has 0 saturated heterocycles. The molecule has 0 amide bonds. The van der Waals surface area contributed by atoms with Crippen LogP contribution in [0.1, 0.15) is 6.92 Å². The van der Waals surface area contributed by atoms with Gasteiger partial charge in [-0.25, -0.2) is 4.79 Å². The van der Waals surface area contributed by atoms with E-state index in [2.05, 4.69) is 4.74 Å². The van der Waals surface area contributed by atoms with E-state index in [1.807, 2.05) is 17.5 Å². The van der Waals surface area contributed by atoms with Gasteiger partial charge >= 0.3 is 5.97 Å². The zero-order valence-electron chi connectivity index (χ0n) is 10.2. The average molecular weight is 263 g/mol. The van der Waals surface area contributed by atoms with Crippen molar-refractivity contribution in [3.8, 4) is 0 Å². The molecule has 2 heterocycles. The maximum Gasteiger partial charge on any atom is 0.333 e. The normalized spacial score (nSPS) is 11.8. The van der Waals surface area contributed by atoms with E-state index in [4.69, 9.17) is 0 Å². The summed E-state index contributed by atoms with van der Waals surface area (Å²) in [7, 11) is 1.34. The Morgan fingerprint density at radius 2 is 2.28 bits per heavy atom. The van der Waals surface area contributed by atoms with Crippen LogP contribution in [0.5, 0.6) is 0 Å². The van der Waals surface area contributed by atoms with Crippen LogP contribution in [0.15, 0.2) is 40.2 Å². The first-order chi connectivity index (χ1) is 8.63. The fourth-order valence-electron chi connectivity index (χ4n) is 1.63. The summed E-state index contributed by atoms with van der Waals surface area (Å²) in [5.74, 6) is -0.375. The Morgan fingerprint density at radius 1 is 1.50 bits per heavy atom. The van der Waals surface area contributed by atoms with Crippen molar-refractivity contribution in [3.05, 3.63) is 45.7 Å². The maximum atomic E-state index is 12.1. The van der Waals surface area contributed by atoms with Gasteiger partial charge in [0.15, 0.2) is 0 Å². The van der Waals surface area contributed by atoms with Crippen LogP contribution in [0.4, 0.5) is 0 Å². The number of aromatic nitrogens is 1. The molecule has 0 saturated carbocycles. The molecular weight excluding hydrogens is 250 g/mol. The number of thiophene rings is 1.